The summed E-state index contributed by atoms with van der Waals surface area (Å²) >= 11 is 0. The number of anilines is 1. The Bertz CT molecular complexity index is 358. The van der Waals surface area contributed by atoms with Gasteiger partial charge in [0.1, 0.15) is 0 Å². The third-order valence-corrected chi connectivity index (χ3v) is 4.02. The van der Waals surface area contributed by atoms with Gasteiger partial charge in [0, 0.05) is 6.54 Å². The summed E-state index contributed by atoms with van der Waals surface area (Å²) in [4.78, 5) is 0. The van der Waals surface area contributed by atoms with Gasteiger partial charge < -0.3 is 15.1 Å². The van der Waals surface area contributed by atoms with Crippen LogP contribution in [0.5, 0.6) is 0 Å². The zero-order valence-electron chi connectivity index (χ0n) is 11.5. The van der Waals surface area contributed by atoms with Crippen molar-refractivity contribution in [2.75, 3.05) is 18.4 Å². The maximum atomic E-state index is 5.54. The second-order valence-electron chi connectivity index (χ2n) is 5.20. The molecule has 1 aliphatic rings. The van der Waals surface area contributed by atoms with Crippen molar-refractivity contribution in [3.05, 3.63) is 5.89 Å². The van der Waals surface area contributed by atoms with Crippen LogP contribution in [0.4, 0.5) is 6.01 Å². The number of nitrogens with zero attached hydrogens (tertiary/aromatic N) is 2. The molecule has 0 spiro atoms. The smallest absolute Gasteiger partial charge is 0.315 e. The van der Waals surface area contributed by atoms with E-state index in [0.29, 0.717) is 23.9 Å². The average molecular weight is 252 g/mol. The molecule has 2 rings (SSSR count). The lowest BCUT2D eigenvalue weighted by molar-refractivity contribution is 0.303. The normalized spacial score (nSPS) is 18.1. The van der Waals surface area contributed by atoms with Crippen LogP contribution < -0.4 is 10.6 Å². The van der Waals surface area contributed by atoms with Gasteiger partial charge in [0.15, 0.2) is 0 Å². The summed E-state index contributed by atoms with van der Waals surface area (Å²) in [5.41, 5.74) is 0.441. The molecule has 0 bridgehead atoms. The van der Waals surface area contributed by atoms with Crippen LogP contribution in [0, 0.1) is 5.41 Å². The van der Waals surface area contributed by atoms with Crippen LogP contribution in [0.3, 0.4) is 0 Å². The molecule has 0 unspecified atom stereocenters. The lowest BCUT2D eigenvalue weighted by Gasteiger charge is -2.26. The molecular weight excluding hydrogens is 228 g/mol. The van der Waals surface area contributed by atoms with Gasteiger partial charge in [-0.2, -0.15) is 0 Å². The third-order valence-electron chi connectivity index (χ3n) is 4.02. The molecule has 1 aromatic rings. The third kappa shape index (κ3) is 3.22. The molecule has 0 aliphatic heterocycles. The molecular formula is C13H24N4O. The molecule has 5 nitrogen and oxygen atoms in total. The fourth-order valence-electron chi connectivity index (χ4n) is 2.67. The Morgan fingerprint density at radius 3 is 2.67 bits per heavy atom. The van der Waals surface area contributed by atoms with E-state index in [1.165, 1.54) is 32.1 Å². The number of aromatic nitrogens is 2. The Balaban J connectivity index is 1.83. The van der Waals surface area contributed by atoms with Crippen molar-refractivity contribution in [2.45, 2.75) is 52.5 Å². The molecule has 1 saturated carbocycles. The number of hydrogen-bond donors (Lipinski definition) is 2. The van der Waals surface area contributed by atoms with Gasteiger partial charge in [0.2, 0.25) is 5.89 Å². The van der Waals surface area contributed by atoms with Gasteiger partial charge >= 0.3 is 6.01 Å². The Kier molecular flexibility index (Phi) is 4.58. The number of nitrogens with one attached hydrogen (secondary N) is 2. The molecule has 5 heteroatoms. The Hall–Kier alpha value is -1.10. The van der Waals surface area contributed by atoms with E-state index in [0.717, 1.165) is 13.1 Å². The Morgan fingerprint density at radius 2 is 2.00 bits per heavy atom. The lowest BCUT2D eigenvalue weighted by atomic mass is 9.83. The standard InChI is InChI=1S/C13H24N4O/c1-3-13(7-5-6-8-13)10-15-12-17-16-11(18-12)9-14-4-2/h14H,3-10H2,1-2H3,(H,15,17). The van der Waals surface area contributed by atoms with Crippen molar-refractivity contribution in [3.63, 3.8) is 0 Å². The van der Waals surface area contributed by atoms with E-state index in [2.05, 4.69) is 34.7 Å². The molecule has 0 radical (unpaired) electrons. The topological polar surface area (TPSA) is 63.0 Å². The molecule has 0 aromatic carbocycles. The summed E-state index contributed by atoms with van der Waals surface area (Å²) in [7, 11) is 0. The molecule has 1 heterocycles. The fraction of sp³-hybridized carbons (Fsp3) is 0.846. The maximum Gasteiger partial charge on any atom is 0.315 e. The first-order valence-electron chi connectivity index (χ1n) is 7.05. The highest BCUT2D eigenvalue weighted by Crippen LogP contribution is 2.40. The minimum atomic E-state index is 0.441. The van der Waals surface area contributed by atoms with Crippen LogP contribution in [0.2, 0.25) is 0 Å². The highest BCUT2D eigenvalue weighted by molar-refractivity contribution is 5.18. The molecule has 102 valence electrons. The van der Waals surface area contributed by atoms with Crippen LogP contribution in [-0.4, -0.2) is 23.3 Å². The summed E-state index contributed by atoms with van der Waals surface area (Å²) < 4.78 is 5.54. The number of hydrogen-bond acceptors (Lipinski definition) is 5. The molecule has 1 aliphatic carbocycles. The lowest BCUT2D eigenvalue weighted by Crippen LogP contribution is -2.25. The monoisotopic (exact) mass is 252 g/mol. The van der Waals surface area contributed by atoms with Crippen LogP contribution in [0.15, 0.2) is 4.42 Å². The zero-order chi connectivity index (χ0) is 12.8. The summed E-state index contributed by atoms with van der Waals surface area (Å²) in [6, 6.07) is 0.558. The SMILES string of the molecule is CCNCc1nnc(NCC2(CC)CCCC2)o1. The minimum absolute atomic E-state index is 0.441. The molecule has 0 amide bonds. The van der Waals surface area contributed by atoms with Crippen molar-refractivity contribution in [1.82, 2.24) is 15.5 Å². The Morgan fingerprint density at radius 1 is 1.22 bits per heavy atom. The van der Waals surface area contributed by atoms with E-state index in [9.17, 15) is 0 Å². The first-order chi connectivity index (χ1) is 8.78. The molecule has 1 aromatic heterocycles. The van der Waals surface area contributed by atoms with Crippen molar-refractivity contribution >= 4 is 6.01 Å². The zero-order valence-corrected chi connectivity index (χ0v) is 11.5. The van der Waals surface area contributed by atoms with Gasteiger partial charge in [-0.05, 0) is 31.2 Å². The summed E-state index contributed by atoms with van der Waals surface area (Å²) in [6.45, 7) is 6.83. The van der Waals surface area contributed by atoms with Crippen LogP contribution in [-0.2, 0) is 6.54 Å². The van der Waals surface area contributed by atoms with E-state index >= 15 is 0 Å². The molecule has 0 atom stereocenters. The first kappa shape index (κ1) is 13.3. The molecule has 0 saturated heterocycles. The fourth-order valence-corrected chi connectivity index (χ4v) is 2.67. The first-order valence-corrected chi connectivity index (χ1v) is 7.05. The maximum absolute atomic E-state index is 5.54. The van der Waals surface area contributed by atoms with Gasteiger partial charge in [-0.3, -0.25) is 0 Å². The average Bonchev–Trinajstić information content (AvgIpc) is 3.04. The van der Waals surface area contributed by atoms with E-state index < -0.39 is 0 Å². The van der Waals surface area contributed by atoms with E-state index in [1.807, 2.05) is 0 Å². The van der Waals surface area contributed by atoms with Crippen LogP contribution in [0.1, 0.15) is 51.8 Å². The highest BCUT2D eigenvalue weighted by atomic mass is 16.4. The second-order valence-corrected chi connectivity index (χ2v) is 5.20. The molecule has 2 N–H and O–H groups in total. The second kappa shape index (κ2) is 6.18. The predicted octanol–water partition coefficient (Wildman–Crippen LogP) is 2.56. The highest BCUT2D eigenvalue weighted by Gasteiger charge is 2.32. The molecule has 1 fully saturated rings. The minimum Gasteiger partial charge on any atom is -0.407 e. The van der Waals surface area contributed by atoms with E-state index in [4.69, 9.17) is 4.42 Å². The molecule has 18 heavy (non-hydrogen) atoms. The summed E-state index contributed by atoms with van der Waals surface area (Å²) in [6.07, 6.45) is 6.55. The van der Waals surface area contributed by atoms with Gasteiger partial charge in [-0.1, -0.05) is 31.8 Å². The van der Waals surface area contributed by atoms with Gasteiger partial charge in [-0.25, -0.2) is 0 Å². The number of rotatable bonds is 7. The van der Waals surface area contributed by atoms with Crippen molar-refractivity contribution in [2.24, 2.45) is 5.41 Å². The largest absolute Gasteiger partial charge is 0.407 e. The summed E-state index contributed by atoms with van der Waals surface area (Å²) in [5.74, 6) is 0.649. The van der Waals surface area contributed by atoms with Crippen molar-refractivity contribution in [1.29, 1.82) is 0 Å². The van der Waals surface area contributed by atoms with E-state index in [1.54, 1.807) is 0 Å². The van der Waals surface area contributed by atoms with Crippen molar-refractivity contribution in [3.8, 4) is 0 Å². The quantitative estimate of drug-likeness (QED) is 0.781. The van der Waals surface area contributed by atoms with E-state index in [-0.39, 0.29) is 0 Å². The Labute approximate surface area is 109 Å². The van der Waals surface area contributed by atoms with Gasteiger partial charge in [0.05, 0.1) is 6.54 Å². The van der Waals surface area contributed by atoms with Crippen LogP contribution in [0.25, 0.3) is 0 Å². The van der Waals surface area contributed by atoms with Gasteiger partial charge in [0.25, 0.3) is 0 Å². The van der Waals surface area contributed by atoms with Gasteiger partial charge in [-0.15, -0.1) is 5.10 Å². The predicted molar refractivity (Wildman–Crippen MR) is 71.4 cm³/mol. The van der Waals surface area contributed by atoms with Crippen molar-refractivity contribution < 1.29 is 4.42 Å². The van der Waals surface area contributed by atoms with Crippen LogP contribution >= 0.6 is 0 Å². The summed E-state index contributed by atoms with van der Waals surface area (Å²) in [5, 5.41) is 14.5.